The van der Waals surface area contributed by atoms with Crippen LogP contribution in [-0.2, 0) is 6.42 Å². The summed E-state index contributed by atoms with van der Waals surface area (Å²) in [4.78, 5) is 2.71. The molecule has 1 aromatic carbocycles. The number of piperidine rings is 1. The maximum absolute atomic E-state index is 6.07. The fourth-order valence-electron chi connectivity index (χ4n) is 3.96. The van der Waals surface area contributed by atoms with Crippen molar-refractivity contribution in [2.75, 3.05) is 26.2 Å². The largest absolute Gasteiger partial charge is 0.493 e. The second-order valence-corrected chi connectivity index (χ2v) is 6.67. The van der Waals surface area contributed by atoms with Crippen molar-refractivity contribution in [3.8, 4) is 5.75 Å². The molecule has 0 spiro atoms. The molecule has 0 aromatic heterocycles. The summed E-state index contributed by atoms with van der Waals surface area (Å²) in [5.41, 5.74) is 8.56. The van der Waals surface area contributed by atoms with Crippen LogP contribution in [0.1, 0.15) is 62.1 Å². The van der Waals surface area contributed by atoms with E-state index in [1.54, 1.807) is 0 Å². The molecule has 1 aliphatic heterocycles. The van der Waals surface area contributed by atoms with Crippen molar-refractivity contribution in [2.24, 2.45) is 5.73 Å². The maximum atomic E-state index is 6.07. The maximum Gasteiger partial charge on any atom is 0.122 e. The van der Waals surface area contributed by atoms with Gasteiger partial charge in [0.15, 0.2) is 0 Å². The number of unbranched alkanes of at least 4 members (excludes halogenated alkanes) is 1. The summed E-state index contributed by atoms with van der Waals surface area (Å²) in [6.07, 6.45) is 10.00. The number of benzene rings is 1. The lowest BCUT2D eigenvalue weighted by molar-refractivity contribution is 0.147. The first-order valence-corrected chi connectivity index (χ1v) is 9.09. The minimum absolute atomic E-state index is 0.622. The quantitative estimate of drug-likeness (QED) is 0.815. The molecule has 1 unspecified atom stereocenters. The fraction of sp³-hybridized carbons (Fsp3) is 0.684. The molecule has 3 rings (SSSR count). The van der Waals surface area contributed by atoms with Crippen molar-refractivity contribution in [1.29, 1.82) is 0 Å². The first-order chi connectivity index (χ1) is 10.9. The molecule has 2 N–H and O–H groups in total. The van der Waals surface area contributed by atoms with Gasteiger partial charge in [0.25, 0.3) is 0 Å². The average Bonchev–Trinajstić information content (AvgIpc) is 2.59. The molecule has 1 atom stereocenters. The van der Waals surface area contributed by atoms with E-state index in [4.69, 9.17) is 10.5 Å². The number of ether oxygens (including phenoxy) is 1. The summed E-state index contributed by atoms with van der Waals surface area (Å²) in [5, 5.41) is 0. The predicted octanol–water partition coefficient (Wildman–Crippen LogP) is 3.67. The van der Waals surface area contributed by atoms with Gasteiger partial charge < -0.3 is 10.5 Å². The molecule has 3 nitrogen and oxygen atoms in total. The lowest BCUT2D eigenvalue weighted by Gasteiger charge is -2.38. The van der Waals surface area contributed by atoms with Crippen LogP contribution in [0.5, 0.6) is 5.75 Å². The highest BCUT2D eigenvalue weighted by atomic mass is 16.5. The predicted molar refractivity (Wildman–Crippen MR) is 91.3 cm³/mol. The van der Waals surface area contributed by atoms with Crippen LogP contribution in [0.4, 0.5) is 0 Å². The molecule has 1 fully saturated rings. The van der Waals surface area contributed by atoms with E-state index in [1.807, 2.05) is 0 Å². The number of nitrogens with two attached hydrogens (primary N) is 1. The van der Waals surface area contributed by atoms with Crippen LogP contribution in [-0.4, -0.2) is 31.1 Å². The van der Waals surface area contributed by atoms with Crippen LogP contribution in [0, 0.1) is 0 Å². The highest BCUT2D eigenvalue weighted by Gasteiger charge is 2.28. The number of nitrogens with zero attached hydrogens (tertiary/aromatic N) is 1. The van der Waals surface area contributed by atoms with Crippen LogP contribution in [0.15, 0.2) is 18.2 Å². The number of rotatable bonds is 6. The van der Waals surface area contributed by atoms with Gasteiger partial charge in [-0.3, -0.25) is 4.90 Å². The van der Waals surface area contributed by atoms with E-state index in [-0.39, 0.29) is 0 Å². The molecule has 22 heavy (non-hydrogen) atoms. The zero-order valence-corrected chi connectivity index (χ0v) is 13.7. The Hall–Kier alpha value is -1.06. The van der Waals surface area contributed by atoms with E-state index in [0.717, 1.165) is 31.7 Å². The third-order valence-corrected chi connectivity index (χ3v) is 5.12. The Kier molecular flexibility index (Phi) is 5.74. The molecule has 0 bridgehead atoms. The van der Waals surface area contributed by atoms with E-state index < -0.39 is 0 Å². The molecule has 0 radical (unpaired) electrons. The zero-order valence-electron chi connectivity index (χ0n) is 13.7. The summed E-state index contributed by atoms with van der Waals surface area (Å²) < 4.78 is 6.07. The molecular formula is C19H30N2O. The van der Waals surface area contributed by atoms with E-state index >= 15 is 0 Å². The smallest absolute Gasteiger partial charge is 0.122 e. The van der Waals surface area contributed by atoms with E-state index in [9.17, 15) is 0 Å². The SMILES string of the molecule is NCCCCOc1cccc2c1CCCC2N1CCCCC1. The molecule has 122 valence electrons. The van der Waals surface area contributed by atoms with Gasteiger partial charge in [-0.05, 0) is 81.8 Å². The van der Waals surface area contributed by atoms with Gasteiger partial charge in [0.05, 0.1) is 6.61 Å². The lowest BCUT2D eigenvalue weighted by Crippen LogP contribution is -2.35. The second-order valence-electron chi connectivity index (χ2n) is 6.67. The van der Waals surface area contributed by atoms with Crippen molar-refractivity contribution in [3.05, 3.63) is 29.3 Å². The van der Waals surface area contributed by atoms with Crippen molar-refractivity contribution >= 4 is 0 Å². The van der Waals surface area contributed by atoms with Crippen LogP contribution < -0.4 is 10.5 Å². The van der Waals surface area contributed by atoms with Gasteiger partial charge in [0.1, 0.15) is 5.75 Å². The van der Waals surface area contributed by atoms with Gasteiger partial charge in [-0.25, -0.2) is 0 Å². The minimum atomic E-state index is 0.622. The van der Waals surface area contributed by atoms with Gasteiger partial charge in [-0.15, -0.1) is 0 Å². The third kappa shape index (κ3) is 3.64. The van der Waals surface area contributed by atoms with E-state index in [2.05, 4.69) is 23.1 Å². The number of hydrogen-bond acceptors (Lipinski definition) is 3. The van der Waals surface area contributed by atoms with Crippen LogP contribution in [0.25, 0.3) is 0 Å². The summed E-state index contributed by atoms with van der Waals surface area (Å²) in [5.74, 6) is 1.12. The minimum Gasteiger partial charge on any atom is -0.493 e. The molecule has 0 saturated carbocycles. The van der Waals surface area contributed by atoms with Gasteiger partial charge in [-0.2, -0.15) is 0 Å². The van der Waals surface area contributed by atoms with Crippen molar-refractivity contribution < 1.29 is 4.74 Å². The Morgan fingerprint density at radius 3 is 2.77 bits per heavy atom. The highest BCUT2D eigenvalue weighted by molar-refractivity contribution is 5.43. The molecule has 1 saturated heterocycles. The normalized spacial score (nSPS) is 22.3. The Bertz CT molecular complexity index is 469. The number of hydrogen-bond donors (Lipinski definition) is 1. The summed E-state index contributed by atoms with van der Waals surface area (Å²) in [6, 6.07) is 7.29. The summed E-state index contributed by atoms with van der Waals surface area (Å²) in [6.45, 7) is 4.09. The molecule has 0 amide bonds. The zero-order chi connectivity index (χ0) is 15.2. The van der Waals surface area contributed by atoms with E-state index in [0.29, 0.717) is 6.04 Å². The van der Waals surface area contributed by atoms with E-state index in [1.165, 1.54) is 62.7 Å². The van der Waals surface area contributed by atoms with Gasteiger partial charge >= 0.3 is 0 Å². The Labute approximate surface area is 134 Å². The number of fused-ring (bicyclic) bond motifs is 1. The highest BCUT2D eigenvalue weighted by Crippen LogP contribution is 2.39. The van der Waals surface area contributed by atoms with Crippen LogP contribution >= 0.6 is 0 Å². The summed E-state index contributed by atoms with van der Waals surface area (Å²) in [7, 11) is 0. The topological polar surface area (TPSA) is 38.5 Å². The van der Waals surface area contributed by atoms with Gasteiger partial charge in [0, 0.05) is 6.04 Å². The Balaban J connectivity index is 1.72. The fourth-order valence-corrected chi connectivity index (χ4v) is 3.96. The molecule has 2 aliphatic rings. The molecular weight excluding hydrogens is 272 g/mol. The van der Waals surface area contributed by atoms with Crippen molar-refractivity contribution in [3.63, 3.8) is 0 Å². The van der Waals surface area contributed by atoms with Crippen molar-refractivity contribution in [2.45, 2.75) is 57.4 Å². The monoisotopic (exact) mass is 302 g/mol. The van der Waals surface area contributed by atoms with Crippen LogP contribution in [0.3, 0.4) is 0 Å². The molecule has 1 aliphatic carbocycles. The molecule has 1 heterocycles. The van der Waals surface area contributed by atoms with Crippen molar-refractivity contribution in [1.82, 2.24) is 4.90 Å². The Morgan fingerprint density at radius 1 is 1.09 bits per heavy atom. The second kappa shape index (κ2) is 7.98. The average molecular weight is 302 g/mol. The first kappa shape index (κ1) is 15.8. The van der Waals surface area contributed by atoms with Gasteiger partial charge in [-0.1, -0.05) is 18.6 Å². The molecule has 1 aromatic rings. The standard InChI is InChI=1S/C19H30N2O/c20-12-2-5-15-22-19-11-7-8-16-17(19)9-6-10-18(16)21-13-3-1-4-14-21/h7-8,11,18H,1-6,9-10,12-15,20H2. The van der Waals surface area contributed by atoms with Crippen LogP contribution in [0.2, 0.25) is 0 Å². The lowest BCUT2D eigenvalue weighted by atomic mass is 9.85. The summed E-state index contributed by atoms with van der Waals surface area (Å²) >= 11 is 0. The number of likely N-dealkylation sites (tertiary alicyclic amines) is 1. The molecule has 3 heteroatoms. The van der Waals surface area contributed by atoms with Gasteiger partial charge in [0.2, 0.25) is 0 Å². The third-order valence-electron chi connectivity index (χ3n) is 5.12. The first-order valence-electron chi connectivity index (χ1n) is 9.09. The Morgan fingerprint density at radius 2 is 1.95 bits per heavy atom.